The number of nitro benzene ring substituents is 1. The Morgan fingerprint density at radius 2 is 2.12 bits per heavy atom. The summed E-state index contributed by atoms with van der Waals surface area (Å²) in [6.07, 6.45) is 2.81. The Balaban J connectivity index is 3.12. The summed E-state index contributed by atoms with van der Waals surface area (Å²) in [7, 11) is 0. The minimum absolute atomic E-state index is 0.173. The molecular weight excluding hydrogens is 206 g/mol. The summed E-state index contributed by atoms with van der Waals surface area (Å²) in [6, 6.07) is 4.73. The van der Waals surface area contributed by atoms with Crippen molar-refractivity contribution in [3.8, 4) is 5.75 Å². The third kappa shape index (κ3) is 2.51. The van der Waals surface area contributed by atoms with Gasteiger partial charge in [-0.1, -0.05) is 32.4 Å². The minimum Gasteiger partial charge on any atom is -0.502 e. The van der Waals surface area contributed by atoms with Crippen molar-refractivity contribution in [1.82, 2.24) is 0 Å². The minimum atomic E-state index is -0.544. The van der Waals surface area contributed by atoms with Gasteiger partial charge in [0.1, 0.15) is 0 Å². The molecule has 1 rings (SSSR count). The molecule has 1 atom stereocenters. The van der Waals surface area contributed by atoms with Gasteiger partial charge < -0.3 is 5.11 Å². The average Bonchev–Trinajstić information content (AvgIpc) is 2.26. The molecule has 0 aliphatic heterocycles. The number of nitrogens with zero attached hydrogens (tertiary/aromatic N) is 1. The van der Waals surface area contributed by atoms with Gasteiger partial charge in [0.05, 0.1) is 4.92 Å². The monoisotopic (exact) mass is 223 g/mol. The predicted molar refractivity (Wildman–Crippen MR) is 62.7 cm³/mol. The Labute approximate surface area is 95.1 Å². The fourth-order valence-electron chi connectivity index (χ4n) is 1.95. The molecule has 0 aromatic heterocycles. The lowest BCUT2D eigenvalue weighted by Gasteiger charge is -2.15. The number of nitro groups is 1. The van der Waals surface area contributed by atoms with Crippen LogP contribution in [-0.4, -0.2) is 10.0 Å². The molecule has 16 heavy (non-hydrogen) atoms. The zero-order valence-corrected chi connectivity index (χ0v) is 9.64. The van der Waals surface area contributed by atoms with Crippen molar-refractivity contribution in [2.45, 2.75) is 39.0 Å². The van der Waals surface area contributed by atoms with Crippen molar-refractivity contribution in [1.29, 1.82) is 0 Å². The smallest absolute Gasteiger partial charge is 0.310 e. The number of phenolic OH excluding ortho intramolecular Hbond substituents is 1. The first-order valence-corrected chi connectivity index (χ1v) is 5.58. The number of rotatable bonds is 5. The van der Waals surface area contributed by atoms with Crippen LogP contribution >= 0.6 is 0 Å². The van der Waals surface area contributed by atoms with Gasteiger partial charge in [0.25, 0.3) is 0 Å². The molecule has 0 saturated heterocycles. The molecule has 4 nitrogen and oxygen atoms in total. The standard InChI is InChI=1S/C12H17NO3/c1-3-6-9(4-2)10-7-5-8-11(12(10)14)13(15)16/h5,7-9,14H,3-4,6H2,1-2H3. The maximum absolute atomic E-state index is 10.7. The van der Waals surface area contributed by atoms with Crippen LogP contribution in [0.3, 0.4) is 0 Å². The van der Waals surface area contributed by atoms with E-state index in [1.807, 2.05) is 6.92 Å². The van der Waals surface area contributed by atoms with Crippen molar-refractivity contribution in [3.63, 3.8) is 0 Å². The zero-order valence-electron chi connectivity index (χ0n) is 9.64. The first-order chi connectivity index (χ1) is 7.61. The molecule has 0 bridgehead atoms. The Kier molecular flexibility index (Phi) is 4.28. The van der Waals surface area contributed by atoms with Crippen LogP contribution in [0.1, 0.15) is 44.6 Å². The molecule has 0 fully saturated rings. The molecule has 0 aliphatic carbocycles. The molecule has 1 aromatic rings. The van der Waals surface area contributed by atoms with E-state index in [0.29, 0.717) is 5.56 Å². The second kappa shape index (κ2) is 5.49. The molecule has 88 valence electrons. The van der Waals surface area contributed by atoms with Crippen molar-refractivity contribution in [2.75, 3.05) is 0 Å². The molecule has 0 radical (unpaired) electrons. The lowest BCUT2D eigenvalue weighted by molar-refractivity contribution is -0.386. The van der Waals surface area contributed by atoms with Crippen LogP contribution in [-0.2, 0) is 0 Å². The van der Waals surface area contributed by atoms with Gasteiger partial charge in [0, 0.05) is 11.6 Å². The molecule has 1 N–H and O–H groups in total. The maximum atomic E-state index is 10.7. The SMILES string of the molecule is CCCC(CC)c1cccc([N+](=O)[O-])c1O. The summed E-state index contributed by atoms with van der Waals surface area (Å²) in [5.41, 5.74) is 0.491. The summed E-state index contributed by atoms with van der Waals surface area (Å²) < 4.78 is 0. The van der Waals surface area contributed by atoms with Gasteiger partial charge in [-0.3, -0.25) is 10.1 Å². The van der Waals surface area contributed by atoms with Gasteiger partial charge >= 0.3 is 5.69 Å². The highest BCUT2D eigenvalue weighted by Crippen LogP contribution is 2.37. The lowest BCUT2D eigenvalue weighted by atomic mass is 9.91. The summed E-state index contributed by atoms with van der Waals surface area (Å²) in [5, 5.41) is 20.5. The first-order valence-electron chi connectivity index (χ1n) is 5.58. The summed E-state index contributed by atoms with van der Waals surface area (Å²) in [6.45, 7) is 4.09. The molecule has 0 aliphatic rings. The Hall–Kier alpha value is -1.58. The van der Waals surface area contributed by atoms with E-state index in [0.717, 1.165) is 19.3 Å². The summed E-state index contributed by atoms with van der Waals surface area (Å²) in [4.78, 5) is 10.1. The van der Waals surface area contributed by atoms with Gasteiger partial charge in [-0.15, -0.1) is 0 Å². The molecule has 0 heterocycles. The molecular formula is C12H17NO3. The number of benzene rings is 1. The van der Waals surface area contributed by atoms with Crippen LogP contribution in [0.5, 0.6) is 5.75 Å². The zero-order chi connectivity index (χ0) is 12.1. The Bertz CT molecular complexity index is 377. The van der Waals surface area contributed by atoms with Crippen LogP contribution in [0, 0.1) is 10.1 Å². The van der Waals surface area contributed by atoms with E-state index in [4.69, 9.17) is 0 Å². The second-order valence-electron chi connectivity index (χ2n) is 3.87. The van der Waals surface area contributed by atoms with Gasteiger partial charge in [0.2, 0.25) is 0 Å². The van der Waals surface area contributed by atoms with Crippen LogP contribution in [0.4, 0.5) is 5.69 Å². The van der Waals surface area contributed by atoms with Gasteiger partial charge in [-0.05, 0) is 18.8 Å². The van der Waals surface area contributed by atoms with Crippen LogP contribution in [0.2, 0.25) is 0 Å². The number of aromatic hydroxyl groups is 1. The topological polar surface area (TPSA) is 63.4 Å². The molecule has 0 amide bonds. The number of hydrogen-bond acceptors (Lipinski definition) is 3. The molecule has 1 unspecified atom stereocenters. The summed E-state index contributed by atoms with van der Waals surface area (Å²) in [5.74, 6) is 0.0256. The highest BCUT2D eigenvalue weighted by atomic mass is 16.6. The van der Waals surface area contributed by atoms with Crippen molar-refractivity contribution < 1.29 is 10.0 Å². The Morgan fingerprint density at radius 1 is 1.44 bits per heavy atom. The number of phenols is 1. The van der Waals surface area contributed by atoms with E-state index >= 15 is 0 Å². The van der Waals surface area contributed by atoms with Gasteiger partial charge in [-0.2, -0.15) is 0 Å². The average molecular weight is 223 g/mol. The fourth-order valence-corrected chi connectivity index (χ4v) is 1.95. The highest BCUT2D eigenvalue weighted by Gasteiger charge is 2.20. The normalized spacial score (nSPS) is 12.4. The van der Waals surface area contributed by atoms with Crippen molar-refractivity contribution >= 4 is 5.69 Å². The molecule has 1 aromatic carbocycles. The van der Waals surface area contributed by atoms with E-state index in [-0.39, 0.29) is 17.4 Å². The second-order valence-corrected chi connectivity index (χ2v) is 3.87. The van der Waals surface area contributed by atoms with Crippen LogP contribution in [0.15, 0.2) is 18.2 Å². The number of hydrogen-bond donors (Lipinski definition) is 1. The summed E-state index contributed by atoms with van der Waals surface area (Å²) >= 11 is 0. The van der Waals surface area contributed by atoms with E-state index in [2.05, 4.69) is 6.92 Å². The van der Waals surface area contributed by atoms with Crippen LogP contribution < -0.4 is 0 Å². The third-order valence-corrected chi connectivity index (χ3v) is 2.81. The van der Waals surface area contributed by atoms with E-state index in [1.165, 1.54) is 6.07 Å². The quantitative estimate of drug-likeness (QED) is 0.612. The lowest BCUT2D eigenvalue weighted by Crippen LogP contribution is -1.99. The van der Waals surface area contributed by atoms with Gasteiger partial charge in [-0.25, -0.2) is 0 Å². The van der Waals surface area contributed by atoms with E-state index < -0.39 is 4.92 Å². The first kappa shape index (κ1) is 12.5. The fraction of sp³-hybridized carbons (Fsp3) is 0.500. The van der Waals surface area contributed by atoms with Crippen LogP contribution in [0.25, 0.3) is 0 Å². The van der Waals surface area contributed by atoms with Gasteiger partial charge in [0.15, 0.2) is 5.75 Å². The highest BCUT2D eigenvalue weighted by molar-refractivity contribution is 5.51. The molecule has 0 saturated carbocycles. The van der Waals surface area contributed by atoms with E-state index in [9.17, 15) is 15.2 Å². The van der Waals surface area contributed by atoms with Crippen molar-refractivity contribution in [2.24, 2.45) is 0 Å². The Morgan fingerprint density at radius 3 is 2.62 bits per heavy atom. The number of para-hydroxylation sites is 1. The van der Waals surface area contributed by atoms with E-state index in [1.54, 1.807) is 12.1 Å². The molecule has 4 heteroatoms. The third-order valence-electron chi connectivity index (χ3n) is 2.81. The maximum Gasteiger partial charge on any atom is 0.310 e. The predicted octanol–water partition coefficient (Wildman–Crippen LogP) is 3.59. The largest absolute Gasteiger partial charge is 0.502 e. The molecule has 0 spiro atoms. The van der Waals surface area contributed by atoms with Crippen molar-refractivity contribution in [3.05, 3.63) is 33.9 Å².